The van der Waals surface area contributed by atoms with Crippen molar-refractivity contribution in [1.29, 1.82) is 0 Å². The van der Waals surface area contributed by atoms with E-state index >= 15 is 0 Å². The van der Waals surface area contributed by atoms with Gasteiger partial charge in [0.15, 0.2) is 23.0 Å². The van der Waals surface area contributed by atoms with Gasteiger partial charge in [-0.25, -0.2) is 0 Å². The topological polar surface area (TPSA) is 123 Å². The van der Waals surface area contributed by atoms with Gasteiger partial charge in [0.1, 0.15) is 13.2 Å². The van der Waals surface area contributed by atoms with E-state index in [0.29, 0.717) is 0 Å². The highest BCUT2D eigenvalue weighted by Gasteiger charge is 2.23. The summed E-state index contributed by atoms with van der Waals surface area (Å²) in [5, 5.41) is 22.4. The second-order valence-electron chi connectivity index (χ2n) is 5.30. The molecule has 2 rings (SSSR count). The molecule has 0 saturated heterocycles. The quantitative estimate of drug-likeness (QED) is 0.280. The molecule has 0 aromatic heterocycles. The van der Waals surface area contributed by atoms with Gasteiger partial charge < -0.3 is 18.9 Å². The number of non-ortho nitro benzene ring substituents is 2. The molecular weight excluding hydrogens is 431 g/mol. The van der Waals surface area contributed by atoms with Gasteiger partial charge in [0.2, 0.25) is 5.75 Å². The third-order valence-corrected chi connectivity index (χ3v) is 3.76. The third-order valence-electron chi connectivity index (χ3n) is 3.45. The number of nitrogens with zero attached hydrogens (tertiary/aromatic N) is 2. The summed E-state index contributed by atoms with van der Waals surface area (Å²) in [6.45, 7) is 0.181. The molecule has 0 aliphatic carbocycles. The molecular formula is C17H16Cl2N2O8. The molecule has 0 unspecified atom stereocenters. The summed E-state index contributed by atoms with van der Waals surface area (Å²) in [6, 6.07) is 5.97. The van der Waals surface area contributed by atoms with Crippen LogP contribution in [-0.4, -0.2) is 41.9 Å². The Morgan fingerprint density at radius 3 is 2.00 bits per heavy atom. The minimum atomic E-state index is -0.640. The van der Waals surface area contributed by atoms with E-state index in [0.717, 1.165) is 18.2 Å². The van der Waals surface area contributed by atoms with E-state index in [4.69, 9.17) is 42.1 Å². The van der Waals surface area contributed by atoms with E-state index < -0.39 is 9.85 Å². The molecule has 29 heavy (non-hydrogen) atoms. The molecule has 0 heterocycles. The van der Waals surface area contributed by atoms with Crippen LogP contribution in [0.25, 0.3) is 0 Å². The van der Waals surface area contributed by atoms with Crippen LogP contribution in [0, 0.1) is 20.2 Å². The fourth-order valence-corrected chi connectivity index (χ4v) is 2.41. The summed E-state index contributed by atoms with van der Waals surface area (Å²) in [5.41, 5.74) is -0.595. The van der Waals surface area contributed by atoms with E-state index in [1.54, 1.807) is 0 Å². The Hall–Kier alpha value is -2.98. The van der Waals surface area contributed by atoms with Crippen LogP contribution in [0.15, 0.2) is 30.3 Å². The maximum absolute atomic E-state index is 11.3. The van der Waals surface area contributed by atoms with Crippen LogP contribution >= 0.6 is 23.2 Å². The number of halogens is 2. The number of nitro groups is 2. The molecule has 0 aliphatic heterocycles. The van der Waals surface area contributed by atoms with E-state index in [-0.39, 0.29) is 65.1 Å². The predicted molar refractivity (Wildman–Crippen MR) is 105 cm³/mol. The molecule has 0 fully saturated rings. The first-order valence-corrected chi connectivity index (χ1v) is 9.18. The van der Waals surface area contributed by atoms with Crippen LogP contribution < -0.4 is 18.9 Å². The fourth-order valence-electron chi connectivity index (χ4n) is 2.25. The minimum absolute atomic E-state index is 0.0352. The Morgan fingerprint density at radius 2 is 1.41 bits per heavy atom. The molecule has 0 atom stereocenters. The number of hydrogen-bond donors (Lipinski definition) is 0. The van der Waals surface area contributed by atoms with Crippen molar-refractivity contribution < 1.29 is 28.8 Å². The lowest BCUT2D eigenvalue weighted by atomic mass is 10.2. The summed E-state index contributed by atoms with van der Waals surface area (Å²) >= 11 is 11.3. The van der Waals surface area contributed by atoms with E-state index in [1.807, 2.05) is 0 Å². The van der Waals surface area contributed by atoms with Gasteiger partial charge in [-0.05, 0) is 6.07 Å². The minimum Gasteiger partial charge on any atom is -0.492 e. The summed E-state index contributed by atoms with van der Waals surface area (Å²) in [6.07, 6.45) is 0. The second-order valence-corrected chi connectivity index (χ2v) is 6.05. The lowest BCUT2D eigenvalue weighted by Gasteiger charge is -2.16. The van der Waals surface area contributed by atoms with Crippen molar-refractivity contribution >= 4 is 34.6 Å². The molecule has 2 aromatic rings. The van der Waals surface area contributed by atoms with Crippen molar-refractivity contribution in [2.75, 3.05) is 32.1 Å². The average molecular weight is 447 g/mol. The zero-order valence-electron chi connectivity index (χ0n) is 15.1. The largest absolute Gasteiger partial charge is 0.492 e. The SMILES string of the molecule is COc1cc([N+](=O)[O-])cc(Oc2cc([N+](=O)[O-])ccc2OCCCl)c1OCCCl. The van der Waals surface area contributed by atoms with Crippen molar-refractivity contribution in [3.8, 4) is 28.7 Å². The zero-order chi connectivity index (χ0) is 21.4. The van der Waals surface area contributed by atoms with E-state index in [1.165, 1.54) is 19.2 Å². The Labute approximate surface area is 175 Å². The van der Waals surface area contributed by atoms with Crippen molar-refractivity contribution in [3.63, 3.8) is 0 Å². The van der Waals surface area contributed by atoms with Crippen molar-refractivity contribution in [1.82, 2.24) is 0 Å². The maximum Gasteiger partial charge on any atom is 0.277 e. The standard InChI is InChI=1S/C17H16Cl2N2O8/c1-26-15-9-12(21(24)25)10-16(17(15)28-7-5-19)29-14-8-11(20(22)23)2-3-13(14)27-6-4-18/h2-3,8-10H,4-7H2,1H3. The monoisotopic (exact) mass is 446 g/mol. The first kappa shape index (κ1) is 22.3. The predicted octanol–water partition coefficient (Wildman–Crippen LogP) is 4.54. The van der Waals surface area contributed by atoms with Gasteiger partial charge in [-0.2, -0.15) is 0 Å². The van der Waals surface area contributed by atoms with Gasteiger partial charge >= 0.3 is 0 Å². The van der Waals surface area contributed by atoms with Crippen molar-refractivity contribution in [2.45, 2.75) is 0 Å². The third kappa shape index (κ3) is 5.75. The molecule has 0 bridgehead atoms. The van der Waals surface area contributed by atoms with Gasteiger partial charge in [-0.3, -0.25) is 20.2 Å². The number of benzene rings is 2. The highest BCUT2D eigenvalue weighted by atomic mass is 35.5. The Bertz CT molecular complexity index is 894. The first-order valence-electron chi connectivity index (χ1n) is 8.11. The summed E-state index contributed by atoms with van der Waals surface area (Å²) < 4.78 is 21.8. The van der Waals surface area contributed by atoms with Gasteiger partial charge in [0.25, 0.3) is 11.4 Å². The first-order chi connectivity index (χ1) is 13.9. The second kappa shape index (κ2) is 10.5. The Balaban J connectivity index is 2.57. The van der Waals surface area contributed by atoms with Crippen LogP contribution in [0.2, 0.25) is 0 Å². The molecule has 0 spiro atoms. The number of rotatable bonds is 11. The molecule has 12 heteroatoms. The Kier molecular flexibility index (Phi) is 8.10. The lowest BCUT2D eigenvalue weighted by Crippen LogP contribution is -2.04. The van der Waals surface area contributed by atoms with Gasteiger partial charge in [-0.1, -0.05) is 0 Å². The lowest BCUT2D eigenvalue weighted by molar-refractivity contribution is -0.385. The summed E-state index contributed by atoms with van der Waals surface area (Å²) in [4.78, 5) is 21.1. The molecule has 0 radical (unpaired) electrons. The van der Waals surface area contributed by atoms with E-state index in [2.05, 4.69) is 0 Å². The highest BCUT2D eigenvalue weighted by Crippen LogP contribution is 2.45. The average Bonchev–Trinajstić information content (AvgIpc) is 2.71. The van der Waals surface area contributed by atoms with E-state index in [9.17, 15) is 20.2 Å². The van der Waals surface area contributed by atoms with Gasteiger partial charge in [-0.15, -0.1) is 23.2 Å². The van der Waals surface area contributed by atoms with Crippen molar-refractivity contribution in [2.24, 2.45) is 0 Å². The molecule has 0 amide bonds. The van der Waals surface area contributed by atoms with Crippen LogP contribution in [0.5, 0.6) is 28.7 Å². The molecule has 0 saturated carbocycles. The van der Waals surface area contributed by atoms with Crippen LogP contribution in [0.3, 0.4) is 0 Å². The molecule has 10 nitrogen and oxygen atoms in total. The fraction of sp³-hybridized carbons (Fsp3) is 0.294. The number of hydrogen-bond acceptors (Lipinski definition) is 8. The van der Waals surface area contributed by atoms with Crippen LogP contribution in [0.4, 0.5) is 11.4 Å². The maximum atomic E-state index is 11.3. The zero-order valence-corrected chi connectivity index (χ0v) is 16.6. The molecule has 0 N–H and O–H groups in total. The molecule has 156 valence electrons. The smallest absolute Gasteiger partial charge is 0.277 e. The van der Waals surface area contributed by atoms with Gasteiger partial charge in [0, 0.05) is 6.07 Å². The summed E-state index contributed by atoms with van der Waals surface area (Å²) in [7, 11) is 1.30. The normalized spacial score (nSPS) is 10.3. The van der Waals surface area contributed by atoms with Crippen molar-refractivity contribution in [3.05, 3.63) is 50.6 Å². The molecule has 2 aromatic carbocycles. The number of ether oxygens (including phenoxy) is 4. The van der Waals surface area contributed by atoms with Crippen LogP contribution in [0.1, 0.15) is 0 Å². The Morgan fingerprint density at radius 1 is 0.828 bits per heavy atom. The number of nitro benzene ring substituents is 2. The summed E-state index contributed by atoms with van der Waals surface area (Å²) in [5.74, 6) is 0.400. The number of methoxy groups -OCH3 is 1. The number of alkyl halides is 2. The highest BCUT2D eigenvalue weighted by molar-refractivity contribution is 6.18. The molecule has 0 aliphatic rings. The van der Waals surface area contributed by atoms with Crippen LogP contribution in [-0.2, 0) is 0 Å². The van der Waals surface area contributed by atoms with Gasteiger partial charge in [0.05, 0.1) is 46.9 Å².